The van der Waals surface area contributed by atoms with Crippen molar-refractivity contribution >= 4 is 16.3 Å². The molecule has 2 nitrogen and oxygen atoms in total. The summed E-state index contributed by atoms with van der Waals surface area (Å²) in [5.74, 6) is -0.201. The molecule has 0 spiro atoms. The van der Waals surface area contributed by atoms with Crippen LogP contribution in [0.4, 0.5) is 4.39 Å². The van der Waals surface area contributed by atoms with Gasteiger partial charge in [0, 0.05) is 21.8 Å². The molecule has 0 N–H and O–H groups in total. The molecule has 1 aromatic carbocycles. The van der Waals surface area contributed by atoms with Crippen molar-refractivity contribution in [3.05, 3.63) is 46.3 Å². The molecule has 4 rings (SSSR count). The highest BCUT2D eigenvalue weighted by Crippen LogP contribution is 2.35. The minimum Gasteiger partial charge on any atom is -0.291 e. The van der Waals surface area contributed by atoms with Crippen LogP contribution in [0.15, 0.2) is 24.3 Å². The third-order valence-electron chi connectivity index (χ3n) is 3.83. The Kier molecular flexibility index (Phi) is 2.30. The standard InChI is InChI=1S/C15H13FN2S/c1-9-14(10-5-2-3-6-11(10)16)17-15-18(9)12-7-4-8-13(12)19-15/h2-3,5-6H,4,7-8H2,1H3. The Morgan fingerprint density at radius 2 is 2.11 bits per heavy atom. The lowest BCUT2D eigenvalue weighted by Crippen LogP contribution is -1.92. The van der Waals surface area contributed by atoms with Crippen LogP contribution in [0.3, 0.4) is 0 Å². The van der Waals surface area contributed by atoms with Gasteiger partial charge in [-0.2, -0.15) is 0 Å². The lowest BCUT2D eigenvalue weighted by atomic mass is 10.1. The van der Waals surface area contributed by atoms with Gasteiger partial charge in [-0.1, -0.05) is 12.1 Å². The largest absolute Gasteiger partial charge is 0.291 e. The normalized spacial score (nSPS) is 14.2. The molecule has 1 aliphatic rings. The van der Waals surface area contributed by atoms with E-state index in [1.54, 1.807) is 23.5 Å². The highest BCUT2D eigenvalue weighted by molar-refractivity contribution is 7.17. The summed E-state index contributed by atoms with van der Waals surface area (Å²) in [6.45, 7) is 2.03. The van der Waals surface area contributed by atoms with E-state index in [0.717, 1.165) is 29.2 Å². The van der Waals surface area contributed by atoms with E-state index in [4.69, 9.17) is 0 Å². The number of halogens is 1. The second kappa shape index (κ2) is 3.90. The number of hydrogen-bond acceptors (Lipinski definition) is 2. The first-order valence-electron chi connectivity index (χ1n) is 6.50. The van der Waals surface area contributed by atoms with Crippen molar-refractivity contribution in [1.82, 2.24) is 9.38 Å². The van der Waals surface area contributed by atoms with Crippen LogP contribution in [0, 0.1) is 12.7 Å². The zero-order valence-corrected chi connectivity index (χ0v) is 11.4. The van der Waals surface area contributed by atoms with Crippen LogP contribution in [0.25, 0.3) is 16.2 Å². The van der Waals surface area contributed by atoms with E-state index in [-0.39, 0.29) is 5.82 Å². The number of rotatable bonds is 1. The first-order valence-corrected chi connectivity index (χ1v) is 7.32. The minimum atomic E-state index is -0.201. The van der Waals surface area contributed by atoms with E-state index < -0.39 is 0 Å². The van der Waals surface area contributed by atoms with E-state index >= 15 is 0 Å². The second-order valence-electron chi connectivity index (χ2n) is 4.97. The summed E-state index contributed by atoms with van der Waals surface area (Å²) in [4.78, 5) is 7.10. The molecule has 1 aliphatic carbocycles. The molecule has 4 heteroatoms. The van der Waals surface area contributed by atoms with Crippen LogP contribution in [0.5, 0.6) is 0 Å². The van der Waals surface area contributed by atoms with Gasteiger partial charge in [-0.05, 0) is 38.3 Å². The molecule has 0 unspecified atom stereocenters. The fraction of sp³-hybridized carbons (Fsp3) is 0.267. The van der Waals surface area contributed by atoms with E-state index in [2.05, 4.69) is 9.38 Å². The molecular formula is C15H13FN2S. The Bertz CT molecular complexity index is 785. The zero-order chi connectivity index (χ0) is 13.0. The van der Waals surface area contributed by atoms with E-state index in [9.17, 15) is 4.39 Å². The molecule has 0 atom stereocenters. The first kappa shape index (κ1) is 11.2. The summed E-state index contributed by atoms with van der Waals surface area (Å²) in [5.41, 5.74) is 3.81. The molecule has 2 heterocycles. The van der Waals surface area contributed by atoms with Gasteiger partial charge in [0.25, 0.3) is 0 Å². The van der Waals surface area contributed by atoms with Crippen molar-refractivity contribution in [2.45, 2.75) is 26.2 Å². The van der Waals surface area contributed by atoms with Crippen LogP contribution in [-0.2, 0) is 12.8 Å². The summed E-state index contributed by atoms with van der Waals surface area (Å²) < 4.78 is 16.1. The zero-order valence-electron chi connectivity index (χ0n) is 10.6. The number of fused-ring (bicyclic) bond motifs is 3. The molecule has 0 aliphatic heterocycles. The Balaban J connectivity index is 2.00. The van der Waals surface area contributed by atoms with Crippen LogP contribution in [-0.4, -0.2) is 9.38 Å². The summed E-state index contributed by atoms with van der Waals surface area (Å²) in [5, 5.41) is 0. The van der Waals surface area contributed by atoms with Crippen LogP contribution in [0.1, 0.15) is 22.7 Å². The number of imidazole rings is 1. The van der Waals surface area contributed by atoms with Gasteiger partial charge in [0.1, 0.15) is 5.82 Å². The smallest absolute Gasteiger partial charge is 0.194 e. The number of benzene rings is 1. The minimum absolute atomic E-state index is 0.201. The van der Waals surface area contributed by atoms with Gasteiger partial charge in [-0.15, -0.1) is 11.3 Å². The average Bonchev–Trinajstić information content (AvgIpc) is 3.02. The lowest BCUT2D eigenvalue weighted by molar-refractivity contribution is 0.630. The van der Waals surface area contributed by atoms with Gasteiger partial charge in [-0.3, -0.25) is 4.40 Å². The molecule has 0 saturated heterocycles. The first-order chi connectivity index (χ1) is 9.25. The summed E-state index contributed by atoms with van der Waals surface area (Å²) >= 11 is 1.75. The number of aryl methyl sites for hydroxylation is 3. The third kappa shape index (κ3) is 1.49. The van der Waals surface area contributed by atoms with Gasteiger partial charge in [0.2, 0.25) is 0 Å². The predicted octanol–water partition coefficient (Wildman–Crippen LogP) is 4.00. The SMILES string of the molecule is Cc1c(-c2ccccc2F)nc2sc3c(n12)CCC3. The molecule has 19 heavy (non-hydrogen) atoms. The number of nitrogens with zero attached hydrogens (tertiary/aromatic N) is 2. The summed E-state index contributed by atoms with van der Waals surface area (Å²) in [7, 11) is 0. The maximum atomic E-state index is 13.9. The Hall–Kier alpha value is -1.68. The Morgan fingerprint density at radius 3 is 2.95 bits per heavy atom. The number of hydrogen-bond donors (Lipinski definition) is 0. The van der Waals surface area contributed by atoms with Crippen LogP contribution in [0.2, 0.25) is 0 Å². The molecule has 0 amide bonds. The Labute approximate surface area is 114 Å². The van der Waals surface area contributed by atoms with Crippen molar-refractivity contribution in [3.8, 4) is 11.3 Å². The van der Waals surface area contributed by atoms with Gasteiger partial charge in [0.05, 0.1) is 5.69 Å². The van der Waals surface area contributed by atoms with E-state index in [1.807, 2.05) is 13.0 Å². The molecule has 0 bridgehead atoms. The third-order valence-corrected chi connectivity index (χ3v) is 4.97. The molecule has 0 saturated carbocycles. The van der Waals surface area contributed by atoms with Gasteiger partial charge in [0.15, 0.2) is 4.96 Å². The molecule has 0 fully saturated rings. The second-order valence-corrected chi connectivity index (χ2v) is 6.03. The average molecular weight is 272 g/mol. The number of aromatic nitrogens is 2. The summed E-state index contributed by atoms with van der Waals surface area (Å²) in [6, 6.07) is 6.86. The maximum Gasteiger partial charge on any atom is 0.194 e. The lowest BCUT2D eigenvalue weighted by Gasteiger charge is -2.02. The highest BCUT2D eigenvalue weighted by Gasteiger charge is 2.23. The topological polar surface area (TPSA) is 17.3 Å². The predicted molar refractivity (Wildman–Crippen MR) is 75.2 cm³/mol. The van der Waals surface area contributed by atoms with Gasteiger partial charge in [-0.25, -0.2) is 9.37 Å². The molecule has 96 valence electrons. The maximum absolute atomic E-state index is 13.9. The molecule has 2 aromatic heterocycles. The molecule has 0 radical (unpaired) electrons. The Morgan fingerprint density at radius 1 is 1.26 bits per heavy atom. The van der Waals surface area contributed by atoms with Crippen molar-refractivity contribution in [2.24, 2.45) is 0 Å². The van der Waals surface area contributed by atoms with Crippen LogP contribution < -0.4 is 0 Å². The quantitative estimate of drug-likeness (QED) is 0.654. The summed E-state index contributed by atoms with van der Waals surface area (Å²) in [6.07, 6.45) is 3.50. The highest BCUT2D eigenvalue weighted by atomic mass is 32.1. The fourth-order valence-electron chi connectivity index (χ4n) is 2.93. The van der Waals surface area contributed by atoms with Crippen molar-refractivity contribution in [1.29, 1.82) is 0 Å². The van der Waals surface area contributed by atoms with Crippen LogP contribution >= 0.6 is 11.3 Å². The van der Waals surface area contributed by atoms with E-state index in [0.29, 0.717) is 5.56 Å². The van der Waals surface area contributed by atoms with Gasteiger partial charge >= 0.3 is 0 Å². The molecule has 3 aromatic rings. The molecular weight excluding hydrogens is 259 g/mol. The van der Waals surface area contributed by atoms with E-state index in [1.165, 1.54) is 23.1 Å². The van der Waals surface area contributed by atoms with Crippen molar-refractivity contribution in [3.63, 3.8) is 0 Å². The fourth-order valence-corrected chi connectivity index (χ4v) is 4.18. The monoisotopic (exact) mass is 272 g/mol. The number of thiazole rings is 1. The van der Waals surface area contributed by atoms with Gasteiger partial charge < -0.3 is 0 Å². The van der Waals surface area contributed by atoms with Crippen molar-refractivity contribution < 1.29 is 4.39 Å². The van der Waals surface area contributed by atoms with Crippen molar-refractivity contribution in [2.75, 3.05) is 0 Å².